The summed E-state index contributed by atoms with van der Waals surface area (Å²) in [5, 5.41) is 4.18. The van der Waals surface area contributed by atoms with Crippen LogP contribution in [0.2, 0.25) is 0 Å². The Morgan fingerprint density at radius 2 is 1.72 bits per heavy atom. The topological polar surface area (TPSA) is 64.9 Å². The van der Waals surface area contributed by atoms with Gasteiger partial charge in [0.2, 0.25) is 11.8 Å². The van der Waals surface area contributed by atoms with Gasteiger partial charge in [-0.15, -0.1) is 0 Å². The van der Waals surface area contributed by atoms with E-state index in [1.807, 2.05) is 55.7 Å². The highest BCUT2D eigenvalue weighted by Crippen LogP contribution is 2.31. The van der Waals surface area contributed by atoms with Crippen LogP contribution in [0.4, 0.5) is 5.95 Å². The molecule has 146 valence electrons. The number of anilines is 1. The van der Waals surface area contributed by atoms with Gasteiger partial charge in [-0.2, -0.15) is 10.1 Å². The Hall–Kier alpha value is -3.32. The molecule has 0 bridgehead atoms. The molecule has 4 rings (SSSR count). The van der Waals surface area contributed by atoms with Crippen LogP contribution in [0.25, 0.3) is 11.3 Å². The van der Waals surface area contributed by atoms with Crippen LogP contribution in [0.15, 0.2) is 71.9 Å². The molecule has 1 N–H and O–H groups in total. The first-order valence-electron chi connectivity index (χ1n) is 9.18. The second-order valence-corrected chi connectivity index (χ2v) is 7.53. The number of nitrogens with zero attached hydrogens (tertiary/aromatic N) is 4. The largest absolute Gasteiger partial charge is 0.439 e. The van der Waals surface area contributed by atoms with E-state index in [4.69, 9.17) is 9.72 Å². The van der Waals surface area contributed by atoms with Crippen molar-refractivity contribution in [3.8, 4) is 22.9 Å². The zero-order valence-electron chi connectivity index (χ0n) is 16.5. The van der Waals surface area contributed by atoms with Gasteiger partial charge in [0.25, 0.3) is 0 Å². The van der Waals surface area contributed by atoms with Crippen LogP contribution < -0.4 is 9.46 Å². The Balaban J connectivity index is 1.70. The molecule has 7 heteroatoms. The predicted octanol–water partition coefficient (Wildman–Crippen LogP) is 5.41. The average molecular weight is 404 g/mol. The molecule has 2 aromatic heterocycles. The predicted molar refractivity (Wildman–Crippen MR) is 116 cm³/mol. The zero-order chi connectivity index (χ0) is 20.2. The minimum atomic E-state index is 0.477. The summed E-state index contributed by atoms with van der Waals surface area (Å²) in [7, 11) is 1.88. The van der Waals surface area contributed by atoms with Crippen molar-refractivity contribution in [3.05, 3.63) is 78.1 Å². The summed E-state index contributed by atoms with van der Waals surface area (Å²) in [6.45, 7) is 4.17. The molecular formula is C22H21N5OS. The molecule has 0 saturated carbocycles. The SMILES string of the molecule is Cc1cccc(C)c1-c1cc(Oc2ccccc2)nc(NSc2cnn(C)c2)n1. The minimum absolute atomic E-state index is 0.477. The van der Waals surface area contributed by atoms with Gasteiger partial charge in [-0.1, -0.05) is 36.4 Å². The molecule has 0 aliphatic heterocycles. The fraction of sp³-hybridized carbons (Fsp3) is 0.136. The van der Waals surface area contributed by atoms with E-state index < -0.39 is 0 Å². The third-order valence-electron chi connectivity index (χ3n) is 4.35. The molecule has 2 heterocycles. The number of aromatic nitrogens is 4. The maximum absolute atomic E-state index is 6.00. The van der Waals surface area contributed by atoms with Crippen molar-refractivity contribution >= 4 is 17.9 Å². The van der Waals surface area contributed by atoms with Gasteiger partial charge in [0.15, 0.2) is 0 Å². The Morgan fingerprint density at radius 3 is 2.41 bits per heavy atom. The molecule has 4 aromatic rings. The Bertz CT molecular complexity index is 1110. The number of ether oxygens (including phenoxy) is 1. The number of hydrogen-bond acceptors (Lipinski definition) is 6. The van der Waals surface area contributed by atoms with E-state index in [0.29, 0.717) is 11.8 Å². The van der Waals surface area contributed by atoms with Crippen LogP contribution in [-0.4, -0.2) is 19.7 Å². The van der Waals surface area contributed by atoms with Gasteiger partial charge in [0.1, 0.15) is 5.75 Å². The quantitative estimate of drug-likeness (QED) is 0.435. The maximum Gasteiger partial charge on any atom is 0.237 e. The second kappa shape index (κ2) is 8.36. The van der Waals surface area contributed by atoms with Gasteiger partial charge >= 0.3 is 0 Å². The standard InChI is InChI=1S/C22H21N5OS/c1-15-8-7-9-16(2)21(15)19-12-20(28-17-10-5-4-6-11-17)25-22(24-19)26-29-18-13-23-27(3)14-18/h4-14H,1-3H3,(H,24,25,26). The van der Waals surface area contributed by atoms with E-state index in [-0.39, 0.29) is 0 Å². The summed E-state index contributed by atoms with van der Waals surface area (Å²) >= 11 is 1.41. The molecule has 0 aliphatic carbocycles. The summed E-state index contributed by atoms with van der Waals surface area (Å²) < 4.78 is 11.0. The van der Waals surface area contributed by atoms with Crippen molar-refractivity contribution in [1.82, 2.24) is 19.7 Å². The summed E-state index contributed by atoms with van der Waals surface area (Å²) in [4.78, 5) is 10.3. The number of benzene rings is 2. The Kier molecular flexibility index (Phi) is 5.48. The molecule has 0 fully saturated rings. The number of rotatable bonds is 6. The molecule has 6 nitrogen and oxygen atoms in total. The van der Waals surface area contributed by atoms with Crippen LogP contribution in [0, 0.1) is 13.8 Å². The van der Waals surface area contributed by atoms with Crippen LogP contribution in [0.3, 0.4) is 0 Å². The minimum Gasteiger partial charge on any atom is -0.439 e. The molecule has 0 saturated heterocycles. The third-order valence-corrected chi connectivity index (χ3v) is 5.08. The zero-order valence-corrected chi connectivity index (χ0v) is 17.3. The third kappa shape index (κ3) is 4.57. The van der Waals surface area contributed by atoms with E-state index in [9.17, 15) is 0 Å². The fourth-order valence-corrected chi connectivity index (χ4v) is 3.64. The average Bonchev–Trinajstić information content (AvgIpc) is 3.12. The summed E-state index contributed by atoms with van der Waals surface area (Å²) in [5.74, 6) is 1.69. The molecule has 29 heavy (non-hydrogen) atoms. The molecule has 0 unspecified atom stereocenters. The molecular weight excluding hydrogens is 382 g/mol. The number of para-hydroxylation sites is 1. The van der Waals surface area contributed by atoms with Crippen molar-refractivity contribution < 1.29 is 4.74 Å². The van der Waals surface area contributed by atoms with Crippen LogP contribution in [0.1, 0.15) is 11.1 Å². The number of hydrogen-bond donors (Lipinski definition) is 1. The van der Waals surface area contributed by atoms with Crippen LogP contribution >= 0.6 is 11.9 Å². The van der Waals surface area contributed by atoms with Crippen LogP contribution in [-0.2, 0) is 7.05 Å². The molecule has 0 spiro atoms. The fourth-order valence-electron chi connectivity index (χ4n) is 3.03. The van der Waals surface area contributed by atoms with E-state index in [0.717, 1.165) is 33.0 Å². The highest BCUT2D eigenvalue weighted by molar-refractivity contribution is 8.00. The smallest absolute Gasteiger partial charge is 0.237 e. The van der Waals surface area contributed by atoms with Crippen LogP contribution in [0.5, 0.6) is 11.6 Å². The molecule has 0 radical (unpaired) electrons. The van der Waals surface area contributed by atoms with Gasteiger partial charge in [-0.25, -0.2) is 4.98 Å². The van der Waals surface area contributed by atoms with Gasteiger partial charge < -0.3 is 4.74 Å². The highest BCUT2D eigenvalue weighted by Gasteiger charge is 2.13. The monoisotopic (exact) mass is 403 g/mol. The van der Waals surface area contributed by atoms with Crippen molar-refractivity contribution in [2.45, 2.75) is 18.7 Å². The lowest BCUT2D eigenvalue weighted by Crippen LogP contribution is -2.00. The van der Waals surface area contributed by atoms with Gasteiger partial charge in [-0.05, 0) is 49.1 Å². The Labute approximate surface area is 174 Å². The number of nitrogens with one attached hydrogen (secondary N) is 1. The lowest BCUT2D eigenvalue weighted by Gasteiger charge is -2.13. The molecule has 2 aromatic carbocycles. The summed E-state index contributed by atoms with van der Waals surface area (Å²) in [6.07, 6.45) is 3.71. The lowest BCUT2D eigenvalue weighted by molar-refractivity contribution is 0.463. The first-order chi connectivity index (χ1) is 14.1. The molecule has 0 amide bonds. The summed E-state index contributed by atoms with van der Waals surface area (Å²) in [6, 6.07) is 17.7. The van der Waals surface area contributed by atoms with E-state index >= 15 is 0 Å². The van der Waals surface area contributed by atoms with Crippen molar-refractivity contribution in [3.63, 3.8) is 0 Å². The van der Waals surface area contributed by atoms with E-state index in [1.54, 1.807) is 10.9 Å². The first-order valence-corrected chi connectivity index (χ1v) is 10.0. The maximum atomic E-state index is 6.00. The van der Waals surface area contributed by atoms with Crippen molar-refractivity contribution in [1.29, 1.82) is 0 Å². The second-order valence-electron chi connectivity index (χ2n) is 6.65. The lowest BCUT2D eigenvalue weighted by atomic mass is 10.00. The highest BCUT2D eigenvalue weighted by atomic mass is 32.2. The number of aryl methyl sites for hydroxylation is 3. The normalized spacial score (nSPS) is 10.7. The molecule has 0 atom stereocenters. The molecule has 0 aliphatic rings. The van der Waals surface area contributed by atoms with Crippen molar-refractivity contribution in [2.75, 3.05) is 4.72 Å². The van der Waals surface area contributed by atoms with Gasteiger partial charge in [0, 0.05) is 24.9 Å². The van der Waals surface area contributed by atoms with E-state index in [2.05, 4.69) is 40.8 Å². The van der Waals surface area contributed by atoms with Gasteiger partial charge in [0.05, 0.1) is 16.8 Å². The first kappa shape index (κ1) is 19.0. The van der Waals surface area contributed by atoms with E-state index in [1.165, 1.54) is 11.9 Å². The van der Waals surface area contributed by atoms with Crippen molar-refractivity contribution in [2.24, 2.45) is 7.05 Å². The Morgan fingerprint density at radius 1 is 0.966 bits per heavy atom. The summed E-state index contributed by atoms with van der Waals surface area (Å²) in [5.41, 5.74) is 4.21. The van der Waals surface area contributed by atoms with Gasteiger partial charge in [-0.3, -0.25) is 9.40 Å².